The second-order valence-corrected chi connectivity index (χ2v) is 10.4. The minimum absolute atomic E-state index is 0.986. The monoisotopic (exact) mass is 268 g/mol. The van der Waals surface area contributed by atoms with Gasteiger partial charge in [0.25, 0.3) is 0 Å². The highest BCUT2D eigenvalue weighted by Gasteiger charge is 2.06. The normalized spacial score (nSPS) is 9.11. The van der Waals surface area contributed by atoms with Gasteiger partial charge in [-0.25, -0.2) is 0 Å². The van der Waals surface area contributed by atoms with Gasteiger partial charge in [0.2, 0.25) is 0 Å². The van der Waals surface area contributed by atoms with Crippen LogP contribution in [0.5, 0.6) is 0 Å². The van der Waals surface area contributed by atoms with Crippen molar-refractivity contribution in [3.05, 3.63) is 29.8 Å². The van der Waals surface area contributed by atoms with Crippen molar-refractivity contribution in [1.29, 1.82) is 0 Å². The van der Waals surface area contributed by atoms with Crippen molar-refractivity contribution >= 4 is 19.8 Å². The van der Waals surface area contributed by atoms with E-state index in [1.54, 1.807) is 11.8 Å². The van der Waals surface area contributed by atoms with Crippen LogP contribution < -0.4 is 0 Å². The molecule has 0 bridgehead atoms. The Morgan fingerprint density at radius 2 is 1.50 bits per heavy atom. The summed E-state index contributed by atoms with van der Waals surface area (Å²) in [5, 5.41) is 0. The topological polar surface area (TPSA) is 0 Å². The third kappa shape index (κ3) is 6.26. The summed E-state index contributed by atoms with van der Waals surface area (Å²) in [5.41, 5.74) is 4.17. The van der Waals surface area contributed by atoms with Crippen molar-refractivity contribution in [3.8, 4) is 35.1 Å². The van der Waals surface area contributed by atoms with Crippen molar-refractivity contribution in [2.24, 2.45) is 0 Å². The Labute approximate surface area is 116 Å². The molecule has 0 heterocycles. The summed E-state index contributed by atoms with van der Waals surface area (Å²) in [6.07, 6.45) is 2.06. The van der Waals surface area contributed by atoms with Crippen molar-refractivity contribution in [3.63, 3.8) is 0 Å². The zero-order chi connectivity index (χ0) is 13.4. The van der Waals surface area contributed by atoms with E-state index >= 15 is 0 Å². The molecule has 0 saturated heterocycles. The number of benzene rings is 1. The van der Waals surface area contributed by atoms with Gasteiger partial charge >= 0.3 is 0 Å². The SMILES string of the molecule is CSc1ccc(C#CC#CC#C[Si](C)(C)C)cc1. The second kappa shape index (κ2) is 7.02. The summed E-state index contributed by atoms with van der Waals surface area (Å²) in [5.74, 6) is 14.2. The largest absolute Gasteiger partial charge is 0.130 e. The predicted octanol–water partition coefficient (Wildman–Crippen LogP) is 3.64. The molecule has 0 aliphatic carbocycles. The van der Waals surface area contributed by atoms with Crippen LogP contribution in [0.3, 0.4) is 0 Å². The van der Waals surface area contributed by atoms with Gasteiger partial charge in [-0.3, -0.25) is 0 Å². The number of thioether (sulfide) groups is 1. The molecule has 0 aliphatic rings. The lowest BCUT2D eigenvalue weighted by Gasteiger charge is -2.01. The van der Waals surface area contributed by atoms with Gasteiger partial charge in [0.15, 0.2) is 0 Å². The van der Waals surface area contributed by atoms with Crippen LogP contribution in [0.1, 0.15) is 5.56 Å². The Hall–Kier alpha value is -1.53. The molecule has 0 unspecified atom stereocenters. The van der Waals surface area contributed by atoms with E-state index in [0.717, 1.165) is 5.56 Å². The molecule has 0 fully saturated rings. The molecular weight excluding hydrogens is 252 g/mol. The van der Waals surface area contributed by atoms with Crippen molar-refractivity contribution in [2.75, 3.05) is 6.26 Å². The Balaban J connectivity index is 2.66. The summed E-state index contributed by atoms with van der Waals surface area (Å²) >= 11 is 1.72. The Bertz CT molecular complexity index is 572. The molecule has 0 atom stereocenters. The smallest absolute Gasteiger partial charge is 0.130 e. The third-order valence-corrected chi connectivity index (χ3v) is 3.54. The average Bonchev–Trinajstić information content (AvgIpc) is 2.33. The molecule has 1 rings (SSSR count). The summed E-state index contributed by atoms with van der Waals surface area (Å²) in [4.78, 5) is 1.24. The van der Waals surface area contributed by atoms with Gasteiger partial charge in [-0.05, 0) is 54.2 Å². The molecule has 0 nitrogen and oxygen atoms in total. The van der Waals surface area contributed by atoms with Crippen LogP contribution in [0, 0.1) is 35.1 Å². The fourth-order valence-corrected chi connectivity index (χ4v) is 1.90. The van der Waals surface area contributed by atoms with Gasteiger partial charge in [0, 0.05) is 10.5 Å². The van der Waals surface area contributed by atoms with Gasteiger partial charge in [0.1, 0.15) is 8.07 Å². The molecule has 0 N–H and O–H groups in total. The standard InChI is InChI=1S/C16H16SSi/c1-17-16-12-10-15(11-13-16)9-7-5-6-8-14-18(2,3)4/h10-13H,1-4H3. The highest BCUT2D eigenvalue weighted by Crippen LogP contribution is 2.14. The molecule has 1 aromatic rings. The molecule has 1 aromatic carbocycles. The molecule has 2 heteroatoms. The van der Waals surface area contributed by atoms with Gasteiger partial charge in [-0.15, -0.1) is 17.3 Å². The summed E-state index contributed by atoms with van der Waals surface area (Å²) in [7, 11) is -1.31. The first-order chi connectivity index (χ1) is 8.51. The van der Waals surface area contributed by atoms with Crippen LogP contribution >= 0.6 is 11.8 Å². The third-order valence-electron chi connectivity index (χ3n) is 1.92. The minimum atomic E-state index is -1.31. The van der Waals surface area contributed by atoms with Crippen LogP contribution in [-0.4, -0.2) is 14.3 Å². The van der Waals surface area contributed by atoms with Crippen LogP contribution in [0.15, 0.2) is 29.2 Å². The quantitative estimate of drug-likeness (QED) is 0.426. The van der Waals surface area contributed by atoms with Crippen LogP contribution in [0.4, 0.5) is 0 Å². The van der Waals surface area contributed by atoms with E-state index in [1.807, 2.05) is 12.1 Å². The zero-order valence-corrected chi connectivity index (χ0v) is 13.0. The van der Waals surface area contributed by atoms with Crippen molar-refractivity contribution in [1.82, 2.24) is 0 Å². The molecule has 0 amide bonds. The first-order valence-corrected chi connectivity index (χ1v) is 10.4. The van der Waals surface area contributed by atoms with E-state index in [2.05, 4.69) is 73.2 Å². The summed E-state index contributed by atoms with van der Waals surface area (Å²) < 4.78 is 0. The van der Waals surface area contributed by atoms with E-state index in [-0.39, 0.29) is 0 Å². The molecule has 18 heavy (non-hydrogen) atoms. The molecule has 0 radical (unpaired) electrons. The first kappa shape index (κ1) is 14.5. The van der Waals surface area contributed by atoms with Gasteiger partial charge < -0.3 is 0 Å². The molecule has 0 saturated carbocycles. The second-order valence-electron chi connectivity index (χ2n) is 4.73. The maximum Gasteiger partial charge on any atom is 0.130 e. The van der Waals surface area contributed by atoms with Gasteiger partial charge in [-0.2, -0.15) is 0 Å². The lowest BCUT2D eigenvalue weighted by atomic mass is 10.2. The summed E-state index contributed by atoms with van der Waals surface area (Å²) in [6, 6.07) is 8.14. The van der Waals surface area contributed by atoms with Crippen LogP contribution in [0.25, 0.3) is 0 Å². The number of hydrogen-bond acceptors (Lipinski definition) is 1. The fourth-order valence-electron chi connectivity index (χ4n) is 1.06. The molecule has 0 spiro atoms. The zero-order valence-electron chi connectivity index (χ0n) is 11.2. The molecular formula is C16H16SSi. The Morgan fingerprint density at radius 3 is 2.06 bits per heavy atom. The van der Waals surface area contributed by atoms with Gasteiger partial charge in [-0.1, -0.05) is 25.6 Å². The first-order valence-electron chi connectivity index (χ1n) is 5.68. The van der Waals surface area contributed by atoms with E-state index in [0.29, 0.717) is 0 Å². The van der Waals surface area contributed by atoms with E-state index in [9.17, 15) is 0 Å². The maximum atomic E-state index is 3.18. The fraction of sp³-hybridized carbons (Fsp3) is 0.250. The van der Waals surface area contributed by atoms with E-state index in [4.69, 9.17) is 0 Å². The highest BCUT2D eigenvalue weighted by atomic mass is 32.2. The lowest BCUT2D eigenvalue weighted by Crippen LogP contribution is -2.16. The van der Waals surface area contributed by atoms with Crippen LogP contribution in [-0.2, 0) is 0 Å². The van der Waals surface area contributed by atoms with E-state index in [1.165, 1.54) is 4.90 Å². The Morgan fingerprint density at radius 1 is 0.889 bits per heavy atom. The lowest BCUT2D eigenvalue weighted by molar-refractivity contribution is 1.45. The maximum absolute atomic E-state index is 3.18. The number of rotatable bonds is 1. The highest BCUT2D eigenvalue weighted by molar-refractivity contribution is 7.98. The molecule has 0 aliphatic heterocycles. The Kier molecular flexibility index (Phi) is 5.67. The molecule has 0 aromatic heterocycles. The minimum Gasteiger partial charge on any atom is -0.130 e. The van der Waals surface area contributed by atoms with Crippen LogP contribution in [0.2, 0.25) is 19.6 Å². The predicted molar refractivity (Wildman–Crippen MR) is 84.0 cm³/mol. The van der Waals surface area contributed by atoms with Crippen molar-refractivity contribution < 1.29 is 0 Å². The summed E-state index contributed by atoms with van der Waals surface area (Å²) in [6.45, 7) is 6.59. The number of hydrogen-bond donors (Lipinski definition) is 0. The van der Waals surface area contributed by atoms with E-state index < -0.39 is 8.07 Å². The molecule has 90 valence electrons. The average molecular weight is 268 g/mol. The van der Waals surface area contributed by atoms with Gasteiger partial charge in [0.05, 0.1) is 0 Å². The van der Waals surface area contributed by atoms with Crippen molar-refractivity contribution in [2.45, 2.75) is 24.5 Å².